The molecule has 0 unspecified atom stereocenters. The molecule has 12 heteroatoms. The van der Waals surface area contributed by atoms with Crippen LogP contribution in [0, 0.1) is 0 Å². The van der Waals surface area contributed by atoms with Crippen LogP contribution in [0.25, 0.3) is 0 Å². The summed E-state index contributed by atoms with van der Waals surface area (Å²) in [4.78, 5) is 25.7. The average Bonchev–Trinajstić information content (AvgIpc) is 3.15. The second kappa shape index (κ2) is 20.2. The monoisotopic (exact) mass is 571 g/mol. The van der Waals surface area contributed by atoms with Crippen LogP contribution in [0.5, 0.6) is 0 Å². The van der Waals surface area contributed by atoms with E-state index >= 15 is 0 Å². The van der Waals surface area contributed by atoms with Crippen molar-refractivity contribution in [3.8, 4) is 0 Å². The third kappa shape index (κ3) is 15.0. The molecule has 2 rings (SSSR count). The maximum Gasteiger partial charge on any atom is 0.261 e. The molecule has 0 atom stereocenters. The molecule has 1 heterocycles. The molecule has 0 radical (unpaired) electrons. The minimum absolute atomic E-state index is 0.221. The third-order valence-corrected chi connectivity index (χ3v) is 6.40. The van der Waals surface area contributed by atoms with E-state index in [-0.39, 0.29) is 25.0 Å². The van der Waals surface area contributed by atoms with E-state index in [1.165, 1.54) is 4.90 Å². The number of ether oxygens (including phenoxy) is 7. The standard InChI is InChI=1S/C27H45NO10Si/c1-39(2,3)38-23-22-37-21-20-36-19-18-35-17-16-34-15-14-33-13-12-32-11-10-31-9-8-28-26(29)24-6-4-5-7-25(24)27(28)30/h4-7H,8-23H2,1-3H3. The number of benzene rings is 1. The molecule has 1 aliphatic heterocycles. The number of hydrogen-bond donors (Lipinski definition) is 0. The van der Waals surface area contributed by atoms with Gasteiger partial charge in [0.2, 0.25) is 0 Å². The number of amides is 2. The second-order valence-corrected chi connectivity index (χ2v) is 14.1. The Morgan fingerprint density at radius 2 is 0.821 bits per heavy atom. The second-order valence-electron chi connectivity index (χ2n) is 9.55. The summed E-state index contributed by atoms with van der Waals surface area (Å²) in [5.74, 6) is -0.545. The van der Waals surface area contributed by atoms with Gasteiger partial charge in [-0.25, -0.2) is 0 Å². The SMILES string of the molecule is C[Si](C)(C)OCCOCCOCCOCCOCCOCCOCCOCCN1C(=O)c2ccccc2C1=O. The van der Waals surface area contributed by atoms with Gasteiger partial charge in [0.05, 0.1) is 117 Å². The molecule has 0 fully saturated rings. The van der Waals surface area contributed by atoms with E-state index in [1.54, 1.807) is 24.3 Å². The van der Waals surface area contributed by atoms with Gasteiger partial charge in [-0.15, -0.1) is 0 Å². The Balaban J connectivity index is 1.24. The van der Waals surface area contributed by atoms with Gasteiger partial charge in [0.25, 0.3) is 11.8 Å². The molecule has 0 saturated heterocycles. The van der Waals surface area contributed by atoms with E-state index < -0.39 is 8.32 Å². The van der Waals surface area contributed by atoms with Crippen LogP contribution in [0.2, 0.25) is 19.6 Å². The lowest BCUT2D eigenvalue weighted by Gasteiger charge is -2.16. The Morgan fingerprint density at radius 1 is 0.513 bits per heavy atom. The molecular formula is C27H45NO10Si. The van der Waals surface area contributed by atoms with Crippen molar-refractivity contribution in [3.05, 3.63) is 35.4 Å². The van der Waals surface area contributed by atoms with Gasteiger partial charge in [0.1, 0.15) is 0 Å². The van der Waals surface area contributed by atoms with Gasteiger partial charge in [0.15, 0.2) is 8.32 Å². The van der Waals surface area contributed by atoms with E-state index in [0.29, 0.717) is 104 Å². The molecule has 1 aromatic carbocycles. The summed E-state index contributed by atoms with van der Waals surface area (Å²) in [6, 6.07) is 6.83. The van der Waals surface area contributed by atoms with E-state index in [0.717, 1.165) is 0 Å². The fourth-order valence-corrected chi connectivity index (χ4v) is 4.12. The molecule has 0 aromatic heterocycles. The van der Waals surface area contributed by atoms with Gasteiger partial charge in [0, 0.05) is 0 Å². The summed E-state index contributed by atoms with van der Waals surface area (Å²) >= 11 is 0. The Labute approximate surface area is 233 Å². The molecule has 0 aliphatic carbocycles. The highest BCUT2D eigenvalue weighted by molar-refractivity contribution is 6.69. The zero-order valence-electron chi connectivity index (χ0n) is 23.7. The van der Waals surface area contributed by atoms with Crippen LogP contribution >= 0.6 is 0 Å². The van der Waals surface area contributed by atoms with E-state index in [9.17, 15) is 9.59 Å². The lowest BCUT2D eigenvalue weighted by molar-refractivity contribution is -0.0215. The third-order valence-electron chi connectivity index (χ3n) is 5.33. The van der Waals surface area contributed by atoms with E-state index in [2.05, 4.69) is 19.6 Å². The summed E-state index contributed by atoms with van der Waals surface area (Å²) in [7, 11) is -1.46. The van der Waals surface area contributed by atoms with Gasteiger partial charge in [-0.05, 0) is 31.8 Å². The fourth-order valence-electron chi connectivity index (χ4n) is 3.43. The van der Waals surface area contributed by atoms with E-state index in [4.69, 9.17) is 37.6 Å². The number of imide groups is 1. The largest absolute Gasteiger partial charge is 0.415 e. The van der Waals surface area contributed by atoms with Crippen LogP contribution in [0.15, 0.2) is 24.3 Å². The highest BCUT2D eigenvalue weighted by atomic mass is 28.4. The van der Waals surface area contributed by atoms with Crippen molar-refractivity contribution in [1.29, 1.82) is 0 Å². The first-order chi connectivity index (χ1) is 18.9. The molecule has 11 nitrogen and oxygen atoms in total. The Morgan fingerprint density at radius 3 is 1.15 bits per heavy atom. The van der Waals surface area contributed by atoms with Gasteiger partial charge in [-0.2, -0.15) is 0 Å². The van der Waals surface area contributed by atoms with Gasteiger partial charge >= 0.3 is 0 Å². The molecule has 39 heavy (non-hydrogen) atoms. The highest BCUT2D eigenvalue weighted by Gasteiger charge is 2.34. The van der Waals surface area contributed by atoms with Crippen molar-refractivity contribution in [2.75, 3.05) is 106 Å². The molecule has 2 amide bonds. The molecule has 222 valence electrons. The van der Waals surface area contributed by atoms with Crippen molar-refractivity contribution in [3.63, 3.8) is 0 Å². The number of carbonyl (C=O) groups is 2. The molecule has 0 N–H and O–H groups in total. The minimum atomic E-state index is -1.46. The smallest absolute Gasteiger partial charge is 0.261 e. The highest BCUT2D eigenvalue weighted by Crippen LogP contribution is 2.21. The molecule has 0 saturated carbocycles. The molecule has 0 spiro atoms. The maximum atomic E-state index is 12.3. The first-order valence-electron chi connectivity index (χ1n) is 13.5. The molecular weight excluding hydrogens is 526 g/mol. The van der Waals surface area contributed by atoms with Gasteiger partial charge in [-0.3, -0.25) is 14.5 Å². The molecule has 1 aliphatic rings. The van der Waals surface area contributed by atoms with Gasteiger partial charge < -0.3 is 37.6 Å². The number of hydrogen-bond acceptors (Lipinski definition) is 10. The summed E-state index contributed by atoms with van der Waals surface area (Å²) in [5, 5.41) is 0. The van der Waals surface area contributed by atoms with E-state index in [1.807, 2.05) is 0 Å². The van der Waals surface area contributed by atoms with Crippen LogP contribution in [0.4, 0.5) is 0 Å². The van der Waals surface area contributed by atoms with Crippen molar-refractivity contribution < 1.29 is 47.2 Å². The van der Waals surface area contributed by atoms with Gasteiger partial charge in [-0.1, -0.05) is 12.1 Å². The normalized spacial score (nSPS) is 13.5. The van der Waals surface area contributed by atoms with Crippen molar-refractivity contribution in [2.24, 2.45) is 0 Å². The quantitative estimate of drug-likeness (QED) is 0.0984. The molecule has 1 aromatic rings. The first-order valence-corrected chi connectivity index (χ1v) is 16.9. The van der Waals surface area contributed by atoms with Crippen molar-refractivity contribution >= 4 is 20.1 Å². The molecule has 0 bridgehead atoms. The van der Waals surface area contributed by atoms with Crippen molar-refractivity contribution in [2.45, 2.75) is 19.6 Å². The number of nitrogens with zero attached hydrogens (tertiary/aromatic N) is 1. The first kappa shape index (κ1) is 33.5. The topological polar surface area (TPSA) is 111 Å². The zero-order chi connectivity index (χ0) is 28.2. The summed E-state index contributed by atoms with van der Waals surface area (Å²) in [5.41, 5.74) is 0.894. The van der Waals surface area contributed by atoms with Crippen LogP contribution in [-0.4, -0.2) is 131 Å². The Hall–Kier alpha value is -1.74. The lowest BCUT2D eigenvalue weighted by Crippen LogP contribution is -2.33. The predicted molar refractivity (Wildman–Crippen MR) is 147 cm³/mol. The average molecular weight is 572 g/mol. The van der Waals surface area contributed by atoms with Crippen LogP contribution in [-0.2, 0) is 37.6 Å². The number of rotatable bonds is 25. The summed E-state index contributed by atoms with van der Waals surface area (Å²) in [6.45, 7) is 14.0. The number of carbonyl (C=O) groups excluding carboxylic acids is 2. The zero-order valence-corrected chi connectivity index (χ0v) is 24.7. The lowest BCUT2D eigenvalue weighted by atomic mass is 10.1. The summed E-state index contributed by atoms with van der Waals surface area (Å²) in [6.07, 6.45) is 0. The number of fused-ring (bicyclic) bond motifs is 1. The fraction of sp³-hybridized carbons (Fsp3) is 0.704. The van der Waals surface area contributed by atoms with Crippen molar-refractivity contribution in [1.82, 2.24) is 4.90 Å². The van der Waals surface area contributed by atoms with Crippen LogP contribution < -0.4 is 0 Å². The summed E-state index contributed by atoms with van der Waals surface area (Å²) < 4.78 is 43.9. The van der Waals surface area contributed by atoms with Crippen LogP contribution in [0.3, 0.4) is 0 Å². The Bertz CT molecular complexity index is 785. The van der Waals surface area contributed by atoms with Crippen LogP contribution in [0.1, 0.15) is 20.7 Å². The maximum absolute atomic E-state index is 12.3. The predicted octanol–water partition coefficient (Wildman–Crippen LogP) is 2.25. The minimum Gasteiger partial charge on any atom is -0.415 e. The Kier molecular flexibility index (Phi) is 17.3.